The Balaban J connectivity index is 2.40. The van der Waals surface area contributed by atoms with Crippen LogP contribution >= 0.6 is 0 Å². The van der Waals surface area contributed by atoms with Crippen molar-refractivity contribution in [2.24, 2.45) is 0 Å². The van der Waals surface area contributed by atoms with E-state index >= 15 is 0 Å². The quantitative estimate of drug-likeness (QED) is 0.710. The van der Waals surface area contributed by atoms with Gasteiger partial charge in [0.05, 0.1) is 12.6 Å². The van der Waals surface area contributed by atoms with Crippen LogP contribution in [0.4, 0.5) is 0 Å². The van der Waals surface area contributed by atoms with Crippen LogP contribution in [-0.4, -0.2) is 31.1 Å². The Labute approximate surface area is 125 Å². The van der Waals surface area contributed by atoms with Gasteiger partial charge < -0.3 is 14.8 Å². The maximum Gasteiger partial charge on any atom is 0.305 e. The van der Waals surface area contributed by atoms with Gasteiger partial charge in [-0.2, -0.15) is 0 Å². The van der Waals surface area contributed by atoms with Gasteiger partial charge in [0.25, 0.3) is 0 Å². The fourth-order valence-electron chi connectivity index (χ4n) is 1.66. The van der Waals surface area contributed by atoms with Crippen molar-refractivity contribution in [3.8, 4) is 5.75 Å². The van der Waals surface area contributed by atoms with Gasteiger partial charge in [0.1, 0.15) is 12.4 Å². The Kier molecular flexibility index (Phi) is 7.94. The van der Waals surface area contributed by atoms with Crippen LogP contribution in [0.3, 0.4) is 0 Å². The van der Waals surface area contributed by atoms with Gasteiger partial charge in [-0.05, 0) is 12.1 Å². The number of para-hydroxylation sites is 1. The minimum Gasteiger partial charge on any atom is -0.494 e. The molecule has 0 heterocycles. The number of hydrogen-bond donors (Lipinski definition) is 1. The largest absolute Gasteiger partial charge is 0.494 e. The summed E-state index contributed by atoms with van der Waals surface area (Å²) < 4.78 is 10.7. The number of hydrogen-bond acceptors (Lipinski definition) is 4. The zero-order valence-electron chi connectivity index (χ0n) is 12.6. The van der Waals surface area contributed by atoms with Crippen LogP contribution in [0.1, 0.15) is 33.1 Å². The molecule has 5 nitrogen and oxygen atoms in total. The van der Waals surface area contributed by atoms with Gasteiger partial charge in [-0.15, -0.1) is 0 Å². The van der Waals surface area contributed by atoms with E-state index in [1.54, 1.807) is 13.8 Å². The molecule has 0 saturated heterocycles. The average Bonchev–Trinajstić information content (AvgIpc) is 2.52. The molecule has 116 valence electrons. The number of ether oxygens (including phenoxy) is 2. The predicted molar refractivity (Wildman–Crippen MR) is 80.0 cm³/mol. The van der Waals surface area contributed by atoms with Crippen molar-refractivity contribution in [2.75, 3.05) is 13.2 Å². The Morgan fingerprint density at radius 1 is 1.14 bits per heavy atom. The number of benzene rings is 1. The van der Waals surface area contributed by atoms with Gasteiger partial charge >= 0.3 is 5.97 Å². The molecule has 0 spiro atoms. The number of carbonyl (C=O) groups excluding carboxylic acids is 2. The molecule has 21 heavy (non-hydrogen) atoms. The van der Waals surface area contributed by atoms with Crippen LogP contribution in [-0.2, 0) is 14.3 Å². The Morgan fingerprint density at radius 2 is 1.86 bits per heavy atom. The zero-order chi connectivity index (χ0) is 15.5. The average molecular weight is 293 g/mol. The summed E-state index contributed by atoms with van der Waals surface area (Å²) >= 11 is 0. The fraction of sp³-hybridized carbons (Fsp3) is 0.500. The van der Waals surface area contributed by atoms with Gasteiger partial charge in [-0.1, -0.05) is 32.0 Å². The second kappa shape index (κ2) is 9.80. The highest BCUT2D eigenvalue weighted by Crippen LogP contribution is 2.09. The summed E-state index contributed by atoms with van der Waals surface area (Å²) in [5.74, 6) is 0.450. The molecule has 0 aliphatic rings. The van der Waals surface area contributed by atoms with Crippen molar-refractivity contribution < 1.29 is 19.1 Å². The molecule has 1 N–H and O–H groups in total. The SMILES string of the molecule is CCC(=O)NC(CCOc1ccccc1)COC(=O)CC. The van der Waals surface area contributed by atoms with Gasteiger partial charge in [-0.3, -0.25) is 9.59 Å². The summed E-state index contributed by atoms with van der Waals surface area (Å²) in [4.78, 5) is 22.7. The fourth-order valence-corrected chi connectivity index (χ4v) is 1.66. The summed E-state index contributed by atoms with van der Waals surface area (Å²) in [5.41, 5.74) is 0. The second-order valence-electron chi connectivity index (χ2n) is 4.60. The van der Waals surface area contributed by atoms with E-state index in [-0.39, 0.29) is 24.5 Å². The third-order valence-electron chi connectivity index (χ3n) is 2.90. The molecule has 0 radical (unpaired) electrons. The van der Waals surface area contributed by atoms with Gasteiger partial charge in [0.15, 0.2) is 0 Å². The van der Waals surface area contributed by atoms with Crippen molar-refractivity contribution in [1.82, 2.24) is 5.32 Å². The van der Waals surface area contributed by atoms with Crippen molar-refractivity contribution in [1.29, 1.82) is 0 Å². The Bertz CT molecular complexity index is 433. The lowest BCUT2D eigenvalue weighted by Crippen LogP contribution is -2.39. The van der Waals surface area contributed by atoms with Crippen LogP contribution in [0.25, 0.3) is 0 Å². The number of amides is 1. The lowest BCUT2D eigenvalue weighted by molar-refractivity contribution is -0.144. The lowest BCUT2D eigenvalue weighted by atomic mass is 10.2. The molecule has 0 saturated carbocycles. The molecule has 1 atom stereocenters. The highest BCUT2D eigenvalue weighted by molar-refractivity contribution is 5.76. The molecule has 0 fully saturated rings. The number of esters is 1. The Morgan fingerprint density at radius 3 is 2.48 bits per heavy atom. The van der Waals surface area contributed by atoms with Crippen LogP contribution in [0.15, 0.2) is 30.3 Å². The first-order valence-corrected chi connectivity index (χ1v) is 7.28. The standard InChI is InChI=1S/C16H23NO4/c1-3-15(18)17-13(12-21-16(19)4-2)10-11-20-14-8-6-5-7-9-14/h5-9,13H,3-4,10-12H2,1-2H3,(H,17,18). The van der Waals surface area contributed by atoms with Gasteiger partial charge in [0.2, 0.25) is 5.91 Å². The van der Waals surface area contributed by atoms with Crippen molar-refractivity contribution in [2.45, 2.75) is 39.2 Å². The van der Waals surface area contributed by atoms with Crippen LogP contribution in [0, 0.1) is 0 Å². The minimum absolute atomic E-state index is 0.0627. The summed E-state index contributed by atoms with van der Waals surface area (Å²) in [5, 5.41) is 2.84. The van der Waals surface area contributed by atoms with Crippen molar-refractivity contribution in [3.63, 3.8) is 0 Å². The molecule has 1 aromatic rings. The highest BCUT2D eigenvalue weighted by atomic mass is 16.5. The third kappa shape index (κ3) is 7.34. The first-order chi connectivity index (χ1) is 10.2. The van der Waals surface area contributed by atoms with E-state index < -0.39 is 0 Å². The van der Waals surface area contributed by atoms with Crippen molar-refractivity contribution in [3.05, 3.63) is 30.3 Å². The van der Waals surface area contributed by atoms with E-state index in [0.29, 0.717) is 25.9 Å². The first-order valence-electron chi connectivity index (χ1n) is 7.28. The molecule has 0 bridgehead atoms. The smallest absolute Gasteiger partial charge is 0.305 e. The maximum atomic E-state index is 11.5. The molecule has 0 aromatic heterocycles. The van der Waals surface area contributed by atoms with Crippen molar-refractivity contribution >= 4 is 11.9 Å². The van der Waals surface area contributed by atoms with E-state index in [4.69, 9.17) is 9.47 Å². The van der Waals surface area contributed by atoms with Crippen LogP contribution < -0.4 is 10.1 Å². The molecular weight excluding hydrogens is 270 g/mol. The predicted octanol–water partition coefficient (Wildman–Crippen LogP) is 2.30. The van der Waals surface area contributed by atoms with E-state index in [2.05, 4.69) is 5.32 Å². The number of carbonyl (C=O) groups is 2. The van der Waals surface area contributed by atoms with E-state index in [1.807, 2.05) is 30.3 Å². The maximum absolute atomic E-state index is 11.5. The molecule has 5 heteroatoms. The topological polar surface area (TPSA) is 64.6 Å². The van der Waals surface area contributed by atoms with Crippen LogP contribution in [0.2, 0.25) is 0 Å². The van der Waals surface area contributed by atoms with Gasteiger partial charge in [0, 0.05) is 19.3 Å². The minimum atomic E-state index is -0.269. The molecule has 1 rings (SSSR count). The van der Waals surface area contributed by atoms with E-state index in [9.17, 15) is 9.59 Å². The third-order valence-corrected chi connectivity index (χ3v) is 2.90. The molecule has 0 aliphatic heterocycles. The van der Waals surface area contributed by atoms with E-state index in [0.717, 1.165) is 5.75 Å². The summed E-state index contributed by atoms with van der Waals surface area (Å²) in [6.45, 7) is 4.14. The molecular formula is C16H23NO4. The monoisotopic (exact) mass is 293 g/mol. The Hall–Kier alpha value is -2.04. The highest BCUT2D eigenvalue weighted by Gasteiger charge is 2.14. The van der Waals surface area contributed by atoms with E-state index in [1.165, 1.54) is 0 Å². The molecule has 1 aromatic carbocycles. The summed E-state index contributed by atoms with van der Waals surface area (Å²) in [6.07, 6.45) is 1.31. The summed E-state index contributed by atoms with van der Waals surface area (Å²) in [7, 11) is 0. The summed E-state index contributed by atoms with van der Waals surface area (Å²) in [6, 6.07) is 9.23. The number of rotatable bonds is 9. The van der Waals surface area contributed by atoms with Crippen LogP contribution in [0.5, 0.6) is 5.75 Å². The zero-order valence-corrected chi connectivity index (χ0v) is 12.6. The normalized spacial score (nSPS) is 11.5. The number of nitrogens with one attached hydrogen (secondary N) is 1. The van der Waals surface area contributed by atoms with Gasteiger partial charge in [-0.25, -0.2) is 0 Å². The lowest BCUT2D eigenvalue weighted by Gasteiger charge is -2.18. The first kappa shape index (κ1) is 17.0. The molecule has 1 amide bonds. The molecule has 0 aliphatic carbocycles. The second-order valence-corrected chi connectivity index (χ2v) is 4.60. The molecule has 1 unspecified atom stereocenters.